The maximum atomic E-state index is 13.7. The van der Waals surface area contributed by atoms with Crippen LogP contribution in [0.4, 0.5) is 0 Å². The molecule has 7 nitrogen and oxygen atoms in total. The Morgan fingerprint density at radius 2 is 1.69 bits per heavy atom. The molecule has 0 aliphatic carbocycles. The molecule has 2 amide bonds. The number of aryl methyl sites for hydroxylation is 1. The van der Waals surface area contributed by atoms with Gasteiger partial charge in [0.05, 0.1) is 0 Å². The zero-order chi connectivity index (χ0) is 25.7. The molecule has 1 atom stereocenters. The molecule has 2 aliphatic rings. The van der Waals surface area contributed by atoms with E-state index in [1.165, 1.54) is 12.6 Å². The van der Waals surface area contributed by atoms with Gasteiger partial charge in [0, 0.05) is 57.6 Å². The first-order valence-corrected chi connectivity index (χ1v) is 13.3. The predicted molar refractivity (Wildman–Crippen MR) is 142 cm³/mol. The van der Waals surface area contributed by atoms with Crippen LogP contribution in [0, 0.1) is 11.3 Å². The van der Waals surface area contributed by atoms with Crippen molar-refractivity contribution in [3.63, 3.8) is 0 Å². The van der Waals surface area contributed by atoms with Gasteiger partial charge < -0.3 is 14.8 Å². The molecule has 0 radical (unpaired) electrons. The van der Waals surface area contributed by atoms with E-state index >= 15 is 0 Å². The van der Waals surface area contributed by atoms with E-state index < -0.39 is 11.3 Å². The summed E-state index contributed by atoms with van der Waals surface area (Å²) in [4.78, 5) is 43.8. The number of likely N-dealkylation sites (tertiary alicyclic amines) is 2. The van der Waals surface area contributed by atoms with E-state index in [2.05, 4.69) is 48.3 Å². The molecule has 1 aromatic heterocycles. The standard InChI is InChI=1S/C29H40N4O3/c1-22(2)11-16-31-18-24(27(35)30-3)26(34)25(19-31)28(36)33-15-8-13-29(21-33)12-7-14-32(20-29)17-23-9-5-4-6-10-23/h4-6,9-10,18-19,22H,7-8,11-17,20-21H2,1-3H3,(H,30,35)/t29-/m0/s1. The second-order valence-electron chi connectivity index (χ2n) is 11.0. The fraction of sp³-hybridized carbons (Fsp3) is 0.552. The molecular weight excluding hydrogens is 452 g/mol. The Bertz CT molecular complexity index is 1120. The normalized spacial score (nSPS) is 20.6. The summed E-state index contributed by atoms with van der Waals surface area (Å²) in [6.45, 7) is 9.18. The highest BCUT2D eigenvalue weighted by Crippen LogP contribution is 2.39. The molecule has 1 spiro atoms. The summed E-state index contributed by atoms with van der Waals surface area (Å²) in [6.07, 6.45) is 8.38. The molecule has 0 unspecified atom stereocenters. The van der Waals surface area contributed by atoms with Gasteiger partial charge in [0.1, 0.15) is 11.1 Å². The lowest BCUT2D eigenvalue weighted by atomic mass is 9.73. The number of benzene rings is 1. The molecular formula is C29H40N4O3. The fourth-order valence-electron chi connectivity index (χ4n) is 5.79. The summed E-state index contributed by atoms with van der Waals surface area (Å²) in [5, 5.41) is 2.55. The molecule has 7 heteroatoms. The highest BCUT2D eigenvalue weighted by molar-refractivity contribution is 5.99. The van der Waals surface area contributed by atoms with E-state index in [1.54, 1.807) is 12.4 Å². The van der Waals surface area contributed by atoms with Crippen molar-refractivity contribution in [2.24, 2.45) is 11.3 Å². The van der Waals surface area contributed by atoms with Crippen LogP contribution in [-0.4, -0.2) is 59.4 Å². The Labute approximate surface area is 214 Å². The van der Waals surface area contributed by atoms with Crippen LogP contribution in [0.2, 0.25) is 0 Å². The average molecular weight is 493 g/mol. The van der Waals surface area contributed by atoms with E-state index in [0.717, 1.165) is 51.7 Å². The first kappa shape index (κ1) is 26.1. The fourth-order valence-corrected chi connectivity index (χ4v) is 5.79. The van der Waals surface area contributed by atoms with Crippen molar-refractivity contribution in [1.82, 2.24) is 19.7 Å². The number of amides is 2. The van der Waals surface area contributed by atoms with Gasteiger partial charge in [-0.1, -0.05) is 44.2 Å². The summed E-state index contributed by atoms with van der Waals surface area (Å²) in [6, 6.07) is 10.5. The van der Waals surface area contributed by atoms with Crippen LogP contribution in [0.25, 0.3) is 0 Å². The number of rotatable bonds is 7. The molecule has 4 rings (SSSR count). The number of hydrogen-bond donors (Lipinski definition) is 1. The third kappa shape index (κ3) is 6.06. The summed E-state index contributed by atoms with van der Waals surface area (Å²) in [5.41, 5.74) is 1.02. The van der Waals surface area contributed by atoms with Crippen LogP contribution in [0.1, 0.15) is 72.2 Å². The summed E-state index contributed by atoms with van der Waals surface area (Å²) in [7, 11) is 1.51. The van der Waals surface area contributed by atoms with E-state index in [9.17, 15) is 14.4 Å². The number of carbonyl (C=O) groups is 2. The van der Waals surface area contributed by atoms with Crippen molar-refractivity contribution >= 4 is 11.8 Å². The summed E-state index contributed by atoms with van der Waals surface area (Å²) >= 11 is 0. The van der Waals surface area contributed by atoms with Gasteiger partial charge in [0.2, 0.25) is 5.43 Å². The zero-order valence-electron chi connectivity index (χ0n) is 22.0. The van der Waals surface area contributed by atoms with Gasteiger partial charge in [-0.05, 0) is 50.1 Å². The van der Waals surface area contributed by atoms with E-state index in [4.69, 9.17) is 0 Å². The second kappa shape index (κ2) is 11.4. The van der Waals surface area contributed by atoms with E-state index in [1.807, 2.05) is 15.5 Å². The Hall–Kier alpha value is -2.93. The number of nitrogens with zero attached hydrogens (tertiary/aromatic N) is 3. The first-order chi connectivity index (χ1) is 17.3. The molecule has 0 bridgehead atoms. The first-order valence-electron chi connectivity index (χ1n) is 13.3. The van der Waals surface area contributed by atoms with Crippen molar-refractivity contribution < 1.29 is 9.59 Å². The van der Waals surface area contributed by atoms with Crippen molar-refractivity contribution in [1.29, 1.82) is 0 Å². The SMILES string of the molecule is CNC(=O)c1cn(CCC(C)C)cc(C(=O)N2CCC[C@]3(CCCN(Cc4ccccc4)C3)C2)c1=O. The smallest absolute Gasteiger partial charge is 0.259 e. The Kier molecular flexibility index (Phi) is 8.29. The van der Waals surface area contributed by atoms with Gasteiger partial charge in [0.15, 0.2) is 0 Å². The third-order valence-corrected chi connectivity index (χ3v) is 7.68. The van der Waals surface area contributed by atoms with Crippen LogP contribution >= 0.6 is 0 Å². The summed E-state index contributed by atoms with van der Waals surface area (Å²) < 4.78 is 1.83. The van der Waals surface area contributed by atoms with Crippen molar-refractivity contribution in [2.75, 3.05) is 33.2 Å². The minimum absolute atomic E-state index is 0.0329. The minimum atomic E-state index is -0.478. The average Bonchev–Trinajstić information content (AvgIpc) is 2.88. The van der Waals surface area contributed by atoms with Gasteiger partial charge in [0.25, 0.3) is 11.8 Å². The van der Waals surface area contributed by atoms with Crippen molar-refractivity contribution in [3.05, 3.63) is 69.6 Å². The van der Waals surface area contributed by atoms with Gasteiger partial charge in [-0.25, -0.2) is 0 Å². The lowest BCUT2D eigenvalue weighted by molar-refractivity contribution is 0.0112. The third-order valence-electron chi connectivity index (χ3n) is 7.68. The van der Waals surface area contributed by atoms with Gasteiger partial charge >= 0.3 is 0 Å². The van der Waals surface area contributed by atoms with Crippen LogP contribution < -0.4 is 10.7 Å². The van der Waals surface area contributed by atoms with Crippen LogP contribution in [0.3, 0.4) is 0 Å². The molecule has 0 saturated carbocycles. The second-order valence-corrected chi connectivity index (χ2v) is 11.0. The molecule has 1 N–H and O–H groups in total. The zero-order valence-corrected chi connectivity index (χ0v) is 22.0. The number of hydrogen-bond acceptors (Lipinski definition) is 4. The van der Waals surface area contributed by atoms with Crippen LogP contribution in [0.15, 0.2) is 47.5 Å². The largest absolute Gasteiger partial charge is 0.355 e. The Morgan fingerprint density at radius 3 is 2.39 bits per heavy atom. The Balaban J connectivity index is 1.55. The predicted octanol–water partition coefficient (Wildman–Crippen LogP) is 3.77. The quantitative estimate of drug-likeness (QED) is 0.639. The molecule has 2 aromatic rings. The topological polar surface area (TPSA) is 74.7 Å². The number of piperidine rings is 2. The molecule has 2 aliphatic heterocycles. The lowest BCUT2D eigenvalue weighted by Gasteiger charge is -2.48. The minimum Gasteiger partial charge on any atom is -0.355 e. The van der Waals surface area contributed by atoms with Gasteiger partial charge in [-0.2, -0.15) is 0 Å². The molecule has 36 heavy (non-hydrogen) atoms. The highest BCUT2D eigenvalue weighted by atomic mass is 16.2. The number of aromatic nitrogens is 1. The molecule has 2 saturated heterocycles. The van der Waals surface area contributed by atoms with Gasteiger partial charge in [-0.3, -0.25) is 19.3 Å². The maximum Gasteiger partial charge on any atom is 0.259 e. The molecule has 2 fully saturated rings. The van der Waals surface area contributed by atoms with E-state index in [-0.39, 0.29) is 22.4 Å². The van der Waals surface area contributed by atoms with Crippen LogP contribution in [-0.2, 0) is 13.1 Å². The number of carbonyl (C=O) groups excluding carboxylic acids is 2. The maximum absolute atomic E-state index is 13.7. The van der Waals surface area contributed by atoms with Crippen molar-refractivity contribution in [3.8, 4) is 0 Å². The number of pyridine rings is 1. The summed E-state index contributed by atoms with van der Waals surface area (Å²) in [5.74, 6) is -0.227. The molecule has 3 heterocycles. The van der Waals surface area contributed by atoms with E-state index in [0.29, 0.717) is 25.6 Å². The highest BCUT2D eigenvalue weighted by Gasteiger charge is 2.41. The Morgan fingerprint density at radius 1 is 1.00 bits per heavy atom. The van der Waals surface area contributed by atoms with Crippen LogP contribution in [0.5, 0.6) is 0 Å². The lowest BCUT2D eigenvalue weighted by Crippen LogP contribution is -2.54. The van der Waals surface area contributed by atoms with Gasteiger partial charge in [-0.15, -0.1) is 0 Å². The number of nitrogens with one attached hydrogen (secondary N) is 1. The monoisotopic (exact) mass is 492 g/mol. The molecule has 194 valence electrons. The van der Waals surface area contributed by atoms with Crippen molar-refractivity contribution in [2.45, 2.75) is 59.0 Å². The molecule has 1 aromatic carbocycles.